The van der Waals surface area contributed by atoms with Gasteiger partial charge in [-0.1, -0.05) is 13.3 Å². The van der Waals surface area contributed by atoms with Gasteiger partial charge in [-0.15, -0.1) is 11.3 Å². The number of thiophene rings is 1. The van der Waals surface area contributed by atoms with Gasteiger partial charge in [-0.25, -0.2) is 13.6 Å². The van der Waals surface area contributed by atoms with Crippen molar-refractivity contribution in [2.45, 2.75) is 36.8 Å². The maximum absolute atomic E-state index is 12.0. The Morgan fingerprint density at radius 1 is 1.45 bits per heavy atom. The smallest absolute Gasteiger partial charge is 0.247 e. The minimum atomic E-state index is -3.61. The van der Waals surface area contributed by atoms with Crippen LogP contribution in [0.25, 0.3) is 0 Å². The summed E-state index contributed by atoms with van der Waals surface area (Å²) in [6.45, 7) is 2.65. The van der Waals surface area contributed by atoms with E-state index in [1.54, 1.807) is 6.07 Å². The third-order valence-electron chi connectivity index (χ3n) is 3.79. The van der Waals surface area contributed by atoms with Gasteiger partial charge in [0.2, 0.25) is 15.9 Å². The molecule has 2 unspecified atom stereocenters. The van der Waals surface area contributed by atoms with Crippen LogP contribution in [-0.2, 0) is 21.2 Å². The molecule has 1 aromatic rings. The second-order valence-corrected chi connectivity index (χ2v) is 8.28. The number of hydrogen-bond donors (Lipinski definition) is 2. The molecule has 1 aliphatic carbocycles. The lowest BCUT2D eigenvalue weighted by molar-refractivity contribution is -0.125. The first kappa shape index (κ1) is 15.5. The number of carbonyl (C=O) groups excluding carboxylic acids is 1. The summed E-state index contributed by atoms with van der Waals surface area (Å²) in [7, 11) is -3.61. The van der Waals surface area contributed by atoms with Gasteiger partial charge in [-0.05, 0) is 37.3 Å². The van der Waals surface area contributed by atoms with Gasteiger partial charge in [0.15, 0.2) is 0 Å². The van der Waals surface area contributed by atoms with Crippen molar-refractivity contribution in [2.75, 3.05) is 6.54 Å². The van der Waals surface area contributed by atoms with E-state index in [0.717, 1.165) is 35.5 Å². The monoisotopic (exact) mass is 316 g/mol. The number of carbonyl (C=O) groups is 1. The SMILES string of the molecule is CC1CCCC1C(=O)NCCc1ccc(S(N)(=O)=O)s1. The van der Waals surface area contributed by atoms with Gasteiger partial charge >= 0.3 is 0 Å². The van der Waals surface area contributed by atoms with Gasteiger partial charge in [0.05, 0.1) is 0 Å². The Morgan fingerprint density at radius 3 is 2.75 bits per heavy atom. The Hall–Kier alpha value is -0.920. The topological polar surface area (TPSA) is 89.3 Å². The quantitative estimate of drug-likeness (QED) is 0.862. The fourth-order valence-corrected chi connectivity index (χ4v) is 4.40. The van der Waals surface area contributed by atoms with Crippen molar-refractivity contribution in [3.63, 3.8) is 0 Å². The molecule has 0 aromatic carbocycles. The van der Waals surface area contributed by atoms with Crippen LogP contribution in [0.3, 0.4) is 0 Å². The summed E-state index contributed by atoms with van der Waals surface area (Å²) in [4.78, 5) is 12.9. The van der Waals surface area contributed by atoms with E-state index in [4.69, 9.17) is 5.14 Å². The van der Waals surface area contributed by atoms with Crippen molar-refractivity contribution < 1.29 is 13.2 Å². The predicted molar refractivity (Wildman–Crippen MR) is 78.9 cm³/mol. The van der Waals surface area contributed by atoms with Crippen LogP contribution in [0.15, 0.2) is 16.3 Å². The van der Waals surface area contributed by atoms with E-state index in [1.807, 2.05) is 0 Å². The van der Waals surface area contributed by atoms with Crippen LogP contribution in [0.5, 0.6) is 0 Å². The minimum absolute atomic E-state index is 0.123. The molecule has 2 rings (SSSR count). The molecule has 1 aromatic heterocycles. The lowest BCUT2D eigenvalue weighted by Gasteiger charge is -2.14. The highest BCUT2D eigenvalue weighted by Gasteiger charge is 2.29. The highest BCUT2D eigenvalue weighted by molar-refractivity contribution is 7.91. The van der Waals surface area contributed by atoms with Gasteiger partial charge in [-0.3, -0.25) is 4.79 Å². The molecule has 5 nitrogen and oxygen atoms in total. The van der Waals surface area contributed by atoms with E-state index in [-0.39, 0.29) is 16.0 Å². The first-order chi connectivity index (χ1) is 9.38. The van der Waals surface area contributed by atoms with Gasteiger partial charge in [-0.2, -0.15) is 0 Å². The number of primary sulfonamides is 1. The molecular formula is C13H20N2O3S2. The van der Waals surface area contributed by atoms with Crippen LogP contribution < -0.4 is 10.5 Å². The lowest BCUT2D eigenvalue weighted by atomic mass is 9.97. The van der Waals surface area contributed by atoms with Crippen LogP contribution in [-0.4, -0.2) is 20.9 Å². The molecule has 0 spiro atoms. The molecular weight excluding hydrogens is 296 g/mol. The van der Waals surface area contributed by atoms with E-state index < -0.39 is 10.0 Å². The molecule has 20 heavy (non-hydrogen) atoms. The molecule has 3 N–H and O–H groups in total. The molecule has 0 aliphatic heterocycles. The van der Waals surface area contributed by atoms with Crippen molar-refractivity contribution in [3.05, 3.63) is 17.0 Å². The minimum Gasteiger partial charge on any atom is -0.355 e. The van der Waals surface area contributed by atoms with Gasteiger partial charge in [0, 0.05) is 17.3 Å². The number of nitrogens with two attached hydrogens (primary N) is 1. The summed E-state index contributed by atoms with van der Waals surface area (Å²) in [5.41, 5.74) is 0. The summed E-state index contributed by atoms with van der Waals surface area (Å²) in [6.07, 6.45) is 3.86. The molecule has 2 atom stereocenters. The summed E-state index contributed by atoms with van der Waals surface area (Å²) < 4.78 is 22.5. The summed E-state index contributed by atoms with van der Waals surface area (Å²) >= 11 is 1.16. The zero-order chi connectivity index (χ0) is 14.8. The van der Waals surface area contributed by atoms with E-state index in [0.29, 0.717) is 18.9 Å². The Morgan fingerprint density at radius 2 is 2.20 bits per heavy atom. The number of hydrogen-bond acceptors (Lipinski definition) is 4. The second kappa shape index (κ2) is 6.24. The first-order valence-electron chi connectivity index (χ1n) is 6.77. The van der Waals surface area contributed by atoms with Crippen LogP contribution in [0.4, 0.5) is 0 Å². The Labute approximate surface area is 123 Å². The fourth-order valence-electron chi connectivity index (χ4n) is 2.62. The zero-order valence-electron chi connectivity index (χ0n) is 11.5. The maximum atomic E-state index is 12.0. The average Bonchev–Trinajstić information content (AvgIpc) is 2.97. The average molecular weight is 316 g/mol. The standard InChI is InChI=1S/C13H20N2O3S2/c1-9-3-2-4-11(9)13(16)15-8-7-10-5-6-12(19-10)20(14,17)18/h5-6,9,11H,2-4,7-8H2,1H3,(H,15,16)(H2,14,17,18). The van der Waals surface area contributed by atoms with Crippen molar-refractivity contribution in [1.82, 2.24) is 5.32 Å². The van der Waals surface area contributed by atoms with Crippen LogP contribution in [0, 0.1) is 11.8 Å². The maximum Gasteiger partial charge on any atom is 0.247 e. The number of nitrogens with one attached hydrogen (secondary N) is 1. The number of rotatable bonds is 5. The third kappa shape index (κ3) is 3.80. The molecule has 0 radical (unpaired) electrons. The summed E-state index contributed by atoms with van der Waals surface area (Å²) in [5.74, 6) is 0.724. The molecule has 0 bridgehead atoms. The van der Waals surface area contributed by atoms with Gasteiger partial charge in [0.1, 0.15) is 4.21 Å². The molecule has 7 heteroatoms. The van der Waals surface area contributed by atoms with Crippen LogP contribution in [0.1, 0.15) is 31.1 Å². The third-order valence-corrected chi connectivity index (χ3v) is 6.37. The van der Waals surface area contributed by atoms with E-state index in [2.05, 4.69) is 12.2 Å². The Bertz CT molecular complexity index is 580. The second-order valence-electron chi connectivity index (χ2n) is 5.32. The summed E-state index contributed by atoms with van der Waals surface area (Å²) in [6, 6.07) is 3.25. The molecule has 1 aliphatic rings. The molecule has 1 amide bonds. The Balaban J connectivity index is 1.81. The Kier molecular flexibility index (Phi) is 4.82. The summed E-state index contributed by atoms with van der Waals surface area (Å²) in [5, 5.41) is 8.00. The predicted octanol–water partition coefficient (Wildman–Crippen LogP) is 1.49. The van der Waals surface area contributed by atoms with Crippen LogP contribution >= 0.6 is 11.3 Å². The highest BCUT2D eigenvalue weighted by Crippen LogP contribution is 2.31. The molecule has 1 fully saturated rings. The molecule has 0 saturated heterocycles. The molecule has 1 saturated carbocycles. The first-order valence-corrected chi connectivity index (χ1v) is 9.13. The normalized spacial score (nSPS) is 22.9. The van der Waals surface area contributed by atoms with Crippen LogP contribution in [0.2, 0.25) is 0 Å². The van der Waals surface area contributed by atoms with Gasteiger partial charge < -0.3 is 5.32 Å². The van der Waals surface area contributed by atoms with Gasteiger partial charge in [0.25, 0.3) is 0 Å². The fraction of sp³-hybridized carbons (Fsp3) is 0.615. The number of amides is 1. The largest absolute Gasteiger partial charge is 0.355 e. The van der Waals surface area contributed by atoms with Crippen molar-refractivity contribution in [2.24, 2.45) is 17.0 Å². The zero-order valence-corrected chi connectivity index (χ0v) is 13.1. The van der Waals surface area contributed by atoms with E-state index >= 15 is 0 Å². The van der Waals surface area contributed by atoms with E-state index in [9.17, 15) is 13.2 Å². The van der Waals surface area contributed by atoms with Crippen molar-refractivity contribution >= 4 is 27.3 Å². The highest BCUT2D eigenvalue weighted by atomic mass is 32.2. The molecule has 112 valence electrons. The molecule has 1 heterocycles. The van der Waals surface area contributed by atoms with Crippen molar-refractivity contribution in [3.8, 4) is 0 Å². The number of sulfonamides is 1. The lowest BCUT2D eigenvalue weighted by Crippen LogP contribution is -2.33. The van der Waals surface area contributed by atoms with E-state index in [1.165, 1.54) is 6.07 Å². The van der Waals surface area contributed by atoms with Crippen molar-refractivity contribution in [1.29, 1.82) is 0 Å².